The van der Waals surface area contributed by atoms with Gasteiger partial charge in [0.25, 0.3) is 0 Å². The maximum atomic E-state index is 11.8. The van der Waals surface area contributed by atoms with Gasteiger partial charge in [0, 0.05) is 0 Å². The number of nitrogens with one attached hydrogen (secondary N) is 2. The van der Waals surface area contributed by atoms with Gasteiger partial charge < -0.3 is 21.1 Å². The number of methoxy groups -OCH3 is 1. The van der Waals surface area contributed by atoms with Crippen molar-refractivity contribution in [2.24, 2.45) is 5.73 Å². The first-order chi connectivity index (χ1) is 8.86. The van der Waals surface area contributed by atoms with Gasteiger partial charge in [-0.05, 0) is 24.8 Å². The van der Waals surface area contributed by atoms with Crippen LogP contribution in [-0.4, -0.2) is 31.1 Å². The summed E-state index contributed by atoms with van der Waals surface area (Å²) in [5.74, 6) is -0.991. The maximum Gasteiger partial charge on any atom is 0.350 e. The number of nitrogens with two attached hydrogens (primary N) is 1. The minimum absolute atomic E-state index is 0.305. The molecule has 0 fully saturated rings. The van der Waals surface area contributed by atoms with Crippen molar-refractivity contribution < 1.29 is 19.1 Å². The summed E-state index contributed by atoms with van der Waals surface area (Å²) in [5, 5.41) is 6.56. The van der Waals surface area contributed by atoms with Crippen LogP contribution < -0.4 is 16.4 Å². The largest absolute Gasteiger partial charge is 0.465 e. The number of esters is 1. The minimum atomic E-state index is -0.803. The molecule has 0 aliphatic rings. The van der Waals surface area contributed by atoms with E-state index in [4.69, 9.17) is 5.73 Å². The third kappa shape index (κ3) is 3.68. The van der Waals surface area contributed by atoms with E-state index in [-0.39, 0.29) is 0 Å². The molecule has 104 valence electrons. The number of rotatable bonds is 4. The van der Waals surface area contributed by atoms with E-state index in [1.165, 1.54) is 25.4 Å². The molecule has 8 heteroatoms. The lowest BCUT2D eigenvalue weighted by Gasteiger charge is -2.13. The zero-order valence-electron chi connectivity index (χ0n) is 10.8. The number of primary amides is 1. The van der Waals surface area contributed by atoms with Crippen molar-refractivity contribution in [3.63, 3.8) is 0 Å². The van der Waals surface area contributed by atoms with Crippen molar-refractivity contribution in [2.45, 2.75) is 19.9 Å². The fourth-order valence-corrected chi connectivity index (χ4v) is 2.27. The summed E-state index contributed by atoms with van der Waals surface area (Å²) in [6.07, 6.45) is 0. The van der Waals surface area contributed by atoms with Crippen molar-refractivity contribution >= 4 is 34.9 Å². The van der Waals surface area contributed by atoms with Gasteiger partial charge in [-0.1, -0.05) is 0 Å². The van der Waals surface area contributed by atoms with Gasteiger partial charge in [-0.3, -0.25) is 4.79 Å². The number of anilines is 1. The van der Waals surface area contributed by atoms with Crippen molar-refractivity contribution in [3.05, 3.63) is 15.8 Å². The number of carbonyl (C=O) groups excluding carboxylic acids is 3. The second-order valence-electron chi connectivity index (χ2n) is 3.83. The number of urea groups is 1. The van der Waals surface area contributed by atoms with Crippen LogP contribution in [0, 0.1) is 6.92 Å². The molecule has 19 heavy (non-hydrogen) atoms. The van der Waals surface area contributed by atoms with Gasteiger partial charge in [0.2, 0.25) is 5.91 Å². The van der Waals surface area contributed by atoms with Crippen LogP contribution in [0.1, 0.15) is 22.2 Å². The van der Waals surface area contributed by atoms with E-state index in [1.54, 1.807) is 12.3 Å². The zero-order chi connectivity index (χ0) is 14.6. The summed E-state index contributed by atoms with van der Waals surface area (Å²) in [6, 6.07) is -1.60. The van der Waals surface area contributed by atoms with Crippen LogP contribution in [0.4, 0.5) is 10.5 Å². The Morgan fingerprint density at radius 1 is 1.42 bits per heavy atom. The smallest absolute Gasteiger partial charge is 0.350 e. The normalized spacial score (nSPS) is 11.5. The number of aryl methyl sites for hydroxylation is 1. The highest BCUT2D eigenvalue weighted by molar-refractivity contribution is 7.12. The molecule has 0 bridgehead atoms. The highest BCUT2D eigenvalue weighted by Gasteiger charge is 2.21. The maximum absolute atomic E-state index is 11.8. The van der Waals surface area contributed by atoms with Gasteiger partial charge in [0.15, 0.2) is 0 Å². The Morgan fingerprint density at radius 3 is 2.58 bits per heavy atom. The average molecular weight is 285 g/mol. The lowest BCUT2D eigenvalue weighted by atomic mass is 10.2. The summed E-state index contributed by atoms with van der Waals surface area (Å²) in [7, 11) is 1.26. The standard InChI is InChI=1S/C11H15N3O4S/c1-5-4-19-8(10(16)18-3)7(5)14-9(15)6(2)13-11(12)17/h4,6H,1-3H3,(H,14,15)(H3,12,13,17). The summed E-state index contributed by atoms with van der Waals surface area (Å²) in [5.41, 5.74) is 6.06. The van der Waals surface area contributed by atoms with Gasteiger partial charge in [-0.2, -0.15) is 0 Å². The molecule has 4 N–H and O–H groups in total. The highest BCUT2D eigenvalue weighted by atomic mass is 32.1. The Kier molecular flexibility index (Phi) is 4.87. The fraction of sp³-hybridized carbons (Fsp3) is 0.364. The molecule has 1 unspecified atom stereocenters. The molecule has 1 heterocycles. The molecule has 0 saturated heterocycles. The monoisotopic (exact) mass is 285 g/mol. The van der Waals surface area contributed by atoms with E-state index in [2.05, 4.69) is 15.4 Å². The molecule has 3 amide bonds. The number of ether oxygens (including phenoxy) is 1. The van der Waals surface area contributed by atoms with Crippen LogP contribution in [0.15, 0.2) is 5.38 Å². The topological polar surface area (TPSA) is 111 Å². The third-order valence-corrected chi connectivity index (χ3v) is 3.42. The van der Waals surface area contributed by atoms with E-state index in [9.17, 15) is 14.4 Å². The van der Waals surface area contributed by atoms with Crippen LogP contribution in [0.3, 0.4) is 0 Å². The molecule has 0 saturated carbocycles. The van der Waals surface area contributed by atoms with Gasteiger partial charge in [0.1, 0.15) is 10.9 Å². The van der Waals surface area contributed by atoms with E-state index < -0.39 is 23.9 Å². The Labute approximate surface area is 114 Å². The molecule has 0 radical (unpaired) electrons. The third-order valence-electron chi connectivity index (χ3n) is 2.35. The van der Waals surface area contributed by atoms with E-state index in [0.717, 1.165) is 5.56 Å². The molecule has 1 rings (SSSR count). The molecular formula is C11H15N3O4S. The first kappa shape index (κ1) is 15.0. The molecule has 1 atom stereocenters. The molecule has 0 aliphatic carbocycles. The van der Waals surface area contributed by atoms with E-state index in [0.29, 0.717) is 10.6 Å². The molecule has 0 aliphatic heterocycles. The van der Waals surface area contributed by atoms with E-state index >= 15 is 0 Å². The highest BCUT2D eigenvalue weighted by Crippen LogP contribution is 2.28. The van der Waals surface area contributed by atoms with Crippen LogP contribution in [0.2, 0.25) is 0 Å². The molecule has 0 spiro atoms. The summed E-state index contributed by atoms with van der Waals surface area (Å²) in [4.78, 5) is 34.3. The zero-order valence-corrected chi connectivity index (χ0v) is 11.6. The first-order valence-corrected chi connectivity index (χ1v) is 6.28. The second kappa shape index (κ2) is 6.19. The van der Waals surface area contributed by atoms with Crippen molar-refractivity contribution in [1.82, 2.24) is 5.32 Å². The number of hydrogen-bond donors (Lipinski definition) is 3. The summed E-state index contributed by atoms with van der Waals surface area (Å²) < 4.78 is 4.63. The van der Waals surface area contributed by atoms with E-state index in [1.807, 2.05) is 0 Å². The Morgan fingerprint density at radius 2 is 2.05 bits per heavy atom. The fourth-order valence-electron chi connectivity index (χ4n) is 1.35. The number of carbonyl (C=O) groups is 3. The van der Waals surface area contributed by atoms with Crippen LogP contribution in [-0.2, 0) is 9.53 Å². The molecule has 1 aromatic heterocycles. The molecule has 0 aromatic carbocycles. The van der Waals surface area contributed by atoms with Gasteiger partial charge in [-0.25, -0.2) is 9.59 Å². The minimum Gasteiger partial charge on any atom is -0.465 e. The molecule has 7 nitrogen and oxygen atoms in total. The van der Waals surface area contributed by atoms with Crippen molar-refractivity contribution in [3.8, 4) is 0 Å². The van der Waals surface area contributed by atoms with Gasteiger partial charge in [0.05, 0.1) is 12.8 Å². The van der Waals surface area contributed by atoms with Crippen molar-refractivity contribution in [2.75, 3.05) is 12.4 Å². The lowest BCUT2D eigenvalue weighted by molar-refractivity contribution is -0.117. The van der Waals surface area contributed by atoms with Crippen LogP contribution >= 0.6 is 11.3 Å². The molecular weight excluding hydrogens is 270 g/mol. The Balaban J connectivity index is 2.87. The summed E-state index contributed by atoms with van der Waals surface area (Å²) >= 11 is 1.18. The molecule has 1 aromatic rings. The van der Waals surface area contributed by atoms with Gasteiger partial charge >= 0.3 is 12.0 Å². The number of amides is 3. The predicted octanol–water partition coefficient (Wildman–Crippen LogP) is 0.838. The SMILES string of the molecule is COC(=O)c1scc(C)c1NC(=O)C(C)NC(N)=O. The first-order valence-electron chi connectivity index (χ1n) is 5.40. The Bertz CT molecular complexity index is 512. The van der Waals surface area contributed by atoms with Crippen LogP contribution in [0.5, 0.6) is 0 Å². The van der Waals surface area contributed by atoms with Crippen molar-refractivity contribution in [1.29, 1.82) is 0 Å². The summed E-state index contributed by atoms with van der Waals surface area (Å²) in [6.45, 7) is 3.24. The predicted molar refractivity (Wildman–Crippen MR) is 71.2 cm³/mol. The quantitative estimate of drug-likeness (QED) is 0.712. The average Bonchev–Trinajstić information content (AvgIpc) is 2.69. The van der Waals surface area contributed by atoms with Crippen LogP contribution in [0.25, 0.3) is 0 Å². The second-order valence-corrected chi connectivity index (χ2v) is 4.71. The Hall–Kier alpha value is -2.09. The number of thiophene rings is 1. The number of hydrogen-bond acceptors (Lipinski definition) is 5. The lowest BCUT2D eigenvalue weighted by Crippen LogP contribution is -2.44. The van der Waals surface area contributed by atoms with Gasteiger partial charge in [-0.15, -0.1) is 11.3 Å².